The maximum absolute atomic E-state index is 4.40. The monoisotopic (exact) mass is 430 g/mol. The summed E-state index contributed by atoms with van der Waals surface area (Å²) in [6.45, 7) is 2.29. The van der Waals surface area contributed by atoms with Gasteiger partial charge in [-0.1, -0.05) is 125 Å². The Morgan fingerprint density at radius 3 is 1.72 bits per heavy atom. The third-order valence-electron chi connectivity index (χ3n) is 6.74. The topological polar surface area (TPSA) is 17.8 Å². The van der Waals surface area contributed by atoms with Crippen LogP contribution in [-0.2, 0) is 12.8 Å². The molecular formula is C30H42N2. The van der Waals surface area contributed by atoms with Gasteiger partial charge in [0.2, 0.25) is 0 Å². The first-order valence-electron chi connectivity index (χ1n) is 12.9. The number of rotatable bonds is 16. The molecule has 0 aliphatic carbocycles. The van der Waals surface area contributed by atoms with Crippen molar-refractivity contribution < 1.29 is 0 Å². The Kier molecular flexibility index (Phi) is 11.1. The molecular weight excluding hydrogens is 388 g/mol. The summed E-state index contributed by atoms with van der Waals surface area (Å²) in [6.07, 6.45) is 22.0. The Morgan fingerprint density at radius 1 is 0.688 bits per heavy atom. The predicted octanol–water partition coefficient (Wildman–Crippen LogP) is 8.45. The largest absolute Gasteiger partial charge is 0.334 e. The summed E-state index contributed by atoms with van der Waals surface area (Å²) in [4.78, 5) is 4.40. The second-order valence-corrected chi connectivity index (χ2v) is 9.33. The molecule has 0 aliphatic heterocycles. The molecule has 0 aliphatic rings. The molecule has 1 aromatic heterocycles. The van der Waals surface area contributed by atoms with Crippen molar-refractivity contribution in [1.29, 1.82) is 0 Å². The summed E-state index contributed by atoms with van der Waals surface area (Å²) in [6, 6.07) is 22.5. The van der Waals surface area contributed by atoms with E-state index in [9.17, 15) is 0 Å². The van der Waals surface area contributed by atoms with E-state index in [2.05, 4.69) is 83.3 Å². The fraction of sp³-hybridized carbons (Fsp3) is 0.500. The molecule has 0 amide bonds. The van der Waals surface area contributed by atoms with Crippen molar-refractivity contribution in [3.8, 4) is 0 Å². The molecule has 1 unspecified atom stereocenters. The van der Waals surface area contributed by atoms with E-state index in [4.69, 9.17) is 0 Å². The van der Waals surface area contributed by atoms with E-state index in [0.717, 1.165) is 12.8 Å². The molecule has 0 saturated carbocycles. The molecule has 0 fully saturated rings. The van der Waals surface area contributed by atoms with Crippen LogP contribution in [0.3, 0.4) is 0 Å². The van der Waals surface area contributed by atoms with Crippen molar-refractivity contribution in [2.75, 3.05) is 0 Å². The molecule has 3 aromatic rings. The van der Waals surface area contributed by atoms with E-state index < -0.39 is 0 Å². The summed E-state index contributed by atoms with van der Waals surface area (Å²) in [5.74, 6) is 0.558. The third-order valence-corrected chi connectivity index (χ3v) is 6.74. The number of benzene rings is 2. The standard InChI is InChI=1S/C30H42N2/c1-2-3-4-5-6-7-8-9-16-21-30(32-23-22-31-26-32)29(24-27-17-12-10-13-18-27)25-28-19-14-11-15-20-28/h10-15,17-20,22-23,26,29-30H,2-9,16,21,24-25H2,1H3. The van der Waals surface area contributed by atoms with Gasteiger partial charge < -0.3 is 4.57 Å². The Bertz CT molecular complexity index is 769. The van der Waals surface area contributed by atoms with Crippen LogP contribution in [0.25, 0.3) is 0 Å². The minimum absolute atomic E-state index is 0.488. The van der Waals surface area contributed by atoms with Crippen LogP contribution in [-0.4, -0.2) is 9.55 Å². The van der Waals surface area contributed by atoms with E-state index in [1.54, 1.807) is 0 Å². The summed E-state index contributed by atoms with van der Waals surface area (Å²) < 4.78 is 2.38. The minimum Gasteiger partial charge on any atom is -0.334 e. The molecule has 0 N–H and O–H groups in total. The molecule has 2 heteroatoms. The maximum atomic E-state index is 4.40. The molecule has 0 radical (unpaired) electrons. The summed E-state index contributed by atoms with van der Waals surface area (Å²) in [7, 11) is 0. The second kappa shape index (κ2) is 14.7. The van der Waals surface area contributed by atoms with Gasteiger partial charge in [0, 0.05) is 18.4 Å². The summed E-state index contributed by atoms with van der Waals surface area (Å²) in [5.41, 5.74) is 2.87. The van der Waals surface area contributed by atoms with Crippen molar-refractivity contribution >= 4 is 0 Å². The average Bonchev–Trinajstić information content (AvgIpc) is 3.36. The zero-order valence-corrected chi connectivity index (χ0v) is 20.0. The highest BCUT2D eigenvalue weighted by atomic mass is 15.1. The van der Waals surface area contributed by atoms with Crippen molar-refractivity contribution in [1.82, 2.24) is 9.55 Å². The van der Waals surface area contributed by atoms with Crippen LogP contribution < -0.4 is 0 Å². The van der Waals surface area contributed by atoms with Crippen LogP contribution in [0.2, 0.25) is 0 Å². The molecule has 0 bridgehead atoms. The summed E-state index contributed by atoms with van der Waals surface area (Å²) in [5, 5.41) is 0. The zero-order valence-electron chi connectivity index (χ0n) is 20.0. The highest BCUT2D eigenvalue weighted by Crippen LogP contribution is 2.31. The van der Waals surface area contributed by atoms with Crippen LogP contribution >= 0.6 is 0 Å². The molecule has 0 spiro atoms. The zero-order chi connectivity index (χ0) is 22.3. The van der Waals surface area contributed by atoms with Gasteiger partial charge in [0.1, 0.15) is 0 Å². The van der Waals surface area contributed by atoms with Crippen LogP contribution in [0.5, 0.6) is 0 Å². The van der Waals surface area contributed by atoms with Crippen molar-refractivity contribution in [2.45, 2.75) is 90.0 Å². The number of hydrogen-bond acceptors (Lipinski definition) is 1. The fourth-order valence-corrected chi connectivity index (χ4v) is 4.94. The first-order chi connectivity index (χ1) is 15.9. The Labute approximate surface area is 196 Å². The van der Waals surface area contributed by atoms with E-state index in [0.29, 0.717) is 12.0 Å². The summed E-state index contributed by atoms with van der Waals surface area (Å²) >= 11 is 0. The van der Waals surface area contributed by atoms with Crippen LogP contribution in [0.15, 0.2) is 79.4 Å². The highest BCUT2D eigenvalue weighted by Gasteiger charge is 2.23. The average molecular weight is 431 g/mol. The van der Waals surface area contributed by atoms with Gasteiger partial charge in [-0.05, 0) is 36.3 Å². The van der Waals surface area contributed by atoms with E-state index in [1.165, 1.54) is 75.3 Å². The van der Waals surface area contributed by atoms with E-state index in [-0.39, 0.29) is 0 Å². The van der Waals surface area contributed by atoms with Crippen LogP contribution in [0.1, 0.15) is 88.3 Å². The number of unbranched alkanes of at least 4 members (excludes halogenated alkanes) is 8. The first-order valence-corrected chi connectivity index (χ1v) is 12.9. The van der Waals surface area contributed by atoms with Crippen molar-refractivity contribution in [2.24, 2.45) is 5.92 Å². The lowest BCUT2D eigenvalue weighted by atomic mass is 9.84. The van der Waals surface area contributed by atoms with Gasteiger partial charge in [0.25, 0.3) is 0 Å². The van der Waals surface area contributed by atoms with Gasteiger partial charge in [0.15, 0.2) is 0 Å². The Morgan fingerprint density at radius 2 is 1.22 bits per heavy atom. The number of nitrogens with zero attached hydrogens (tertiary/aromatic N) is 2. The molecule has 1 atom stereocenters. The number of imidazole rings is 1. The van der Waals surface area contributed by atoms with Gasteiger partial charge in [-0.2, -0.15) is 0 Å². The molecule has 2 nitrogen and oxygen atoms in total. The SMILES string of the molecule is CCCCCCCCCCCC(C(Cc1ccccc1)Cc1ccccc1)n1ccnc1. The van der Waals surface area contributed by atoms with E-state index in [1.807, 2.05) is 12.5 Å². The van der Waals surface area contributed by atoms with Crippen LogP contribution in [0, 0.1) is 5.92 Å². The van der Waals surface area contributed by atoms with Crippen LogP contribution in [0.4, 0.5) is 0 Å². The van der Waals surface area contributed by atoms with Gasteiger partial charge in [-0.15, -0.1) is 0 Å². The molecule has 3 rings (SSSR count). The number of aromatic nitrogens is 2. The smallest absolute Gasteiger partial charge is 0.0948 e. The first kappa shape index (κ1) is 24.3. The Balaban J connectivity index is 1.60. The highest BCUT2D eigenvalue weighted by molar-refractivity contribution is 5.19. The molecule has 2 aromatic carbocycles. The fourth-order valence-electron chi connectivity index (χ4n) is 4.94. The van der Waals surface area contributed by atoms with Crippen molar-refractivity contribution in [3.05, 3.63) is 90.5 Å². The van der Waals surface area contributed by atoms with E-state index >= 15 is 0 Å². The normalized spacial score (nSPS) is 12.3. The van der Waals surface area contributed by atoms with Crippen molar-refractivity contribution in [3.63, 3.8) is 0 Å². The maximum Gasteiger partial charge on any atom is 0.0948 e. The minimum atomic E-state index is 0.488. The molecule has 172 valence electrons. The molecule has 1 heterocycles. The number of hydrogen-bond donors (Lipinski definition) is 0. The predicted molar refractivity (Wildman–Crippen MR) is 137 cm³/mol. The Hall–Kier alpha value is -2.35. The molecule has 32 heavy (non-hydrogen) atoms. The van der Waals surface area contributed by atoms with Gasteiger partial charge in [-0.25, -0.2) is 4.98 Å². The van der Waals surface area contributed by atoms with Gasteiger partial charge >= 0.3 is 0 Å². The third kappa shape index (κ3) is 8.65. The molecule has 0 saturated heterocycles. The van der Waals surface area contributed by atoms with Gasteiger partial charge in [-0.3, -0.25) is 0 Å². The second-order valence-electron chi connectivity index (χ2n) is 9.33. The lowest BCUT2D eigenvalue weighted by Gasteiger charge is -2.29. The quantitative estimate of drug-likeness (QED) is 0.208. The lowest BCUT2D eigenvalue weighted by Crippen LogP contribution is -2.23. The van der Waals surface area contributed by atoms with Gasteiger partial charge in [0.05, 0.1) is 6.33 Å². The lowest BCUT2D eigenvalue weighted by molar-refractivity contribution is 0.295.